The summed E-state index contributed by atoms with van der Waals surface area (Å²) >= 11 is 0. The van der Waals surface area contributed by atoms with E-state index in [9.17, 15) is 9.90 Å². The van der Waals surface area contributed by atoms with Crippen LogP contribution in [0.15, 0.2) is 48.5 Å². The van der Waals surface area contributed by atoms with E-state index in [2.05, 4.69) is 61.4 Å². The van der Waals surface area contributed by atoms with Crippen molar-refractivity contribution in [3.8, 4) is 0 Å². The molecular formula is C40H55N3O4. The lowest BCUT2D eigenvalue weighted by Gasteiger charge is -2.56. The van der Waals surface area contributed by atoms with Crippen LogP contribution in [-0.4, -0.2) is 46.8 Å². The fourth-order valence-electron chi connectivity index (χ4n) is 11.8. The summed E-state index contributed by atoms with van der Waals surface area (Å²) in [4.78, 5) is 16.1. The van der Waals surface area contributed by atoms with Crippen LogP contribution in [0.25, 0.3) is 0 Å². The van der Waals surface area contributed by atoms with Gasteiger partial charge in [-0.15, -0.1) is 0 Å². The van der Waals surface area contributed by atoms with E-state index < -0.39 is 6.29 Å². The molecule has 3 N–H and O–H groups in total. The molecule has 2 heterocycles. The van der Waals surface area contributed by atoms with E-state index in [-0.39, 0.29) is 36.3 Å². The molecule has 5 saturated carbocycles. The second-order valence-electron chi connectivity index (χ2n) is 17.9. The highest BCUT2D eigenvalue weighted by Gasteiger charge is 2.52. The SMILES string of the molecule is CC1C(CN2CC3(C)CC2CC(C)(C)C3)OC(c2cccc(NC(=O)NC34CC5CC(CC(C5)C3)C4)c2)OC1c1ccc(CO)cc1. The van der Waals surface area contributed by atoms with Crippen LogP contribution in [0.2, 0.25) is 0 Å². The maximum absolute atomic E-state index is 13.4. The summed E-state index contributed by atoms with van der Waals surface area (Å²) in [5.74, 6) is 2.48. The minimum absolute atomic E-state index is 0.0154. The third kappa shape index (κ3) is 6.38. The van der Waals surface area contributed by atoms with Crippen LogP contribution in [0.5, 0.6) is 0 Å². The molecule has 7 heteroatoms. The molecule has 7 aliphatic rings. The quantitative estimate of drug-likeness (QED) is 0.286. The summed E-state index contributed by atoms with van der Waals surface area (Å²) in [6.45, 7) is 11.6. The Morgan fingerprint density at radius 2 is 1.62 bits per heavy atom. The molecule has 2 amide bonds. The maximum atomic E-state index is 13.4. The van der Waals surface area contributed by atoms with E-state index in [0.29, 0.717) is 16.9 Å². The Labute approximate surface area is 281 Å². The van der Waals surface area contributed by atoms with Crippen molar-refractivity contribution in [2.75, 3.05) is 18.4 Å². The number of urea groups is 1. The van der Waals surface area contributed by atoms with Crippen LogP contribution in [0.1, 0.15) is 115 Å². The third-order valence-corrected chi connectivity index (χ3v) is 12.9. The molecule has 6 unspecified atom stereocenters. The second-order valence-corrected chi connectivity index (χ2v) is 17.9. The van der Waals surface area contributed by atoms with Crippen LogP contribution in [0, 0.1) is 34.5 Å². The molecule has 6 atom stereocenters. The smallest absolute Gasteiger partial charge is 0.319 e. The zero-order valence-electron chi connectivity index (χ0n) is 28.8. The van der Waals surface area contributed by atoms with Crippen LogP contribution in [0.3, 0.4) is 0 Å². The molecule has 5 aliphatic carbocycles. The monoisotopic (exact) mass is 641 g/mol. The summed E-state index contributed by atoms with van der Waals surface area (Å²) in [6.07, 6.45) is 10.5. The first-order chi connectivity index (χ1) is 22.5. The van der Waals surface area contributed by atoms with E-state index in [1.165, 1.54) is 38.5 Å². The van der Waals surface area contributed by atoms with Crippen molar-refractivity contribution < 1.29 is 19.4 Å². The standard InChI is InChI=1S/C40H55N3O4/c1-25-34(21-43-24-39(4)20-33(43)19-38(2,3)23-39)46-36(47-35(25)30-10-8-26(22-44)9-11-30)31-6-5-7-32(15-31)41-37(45)42-40-16-27-12-28(17-40)14-29(13-27)18-40/h5-11,15,25,27-29,33-36,44H,12-14,16-24H2,1-4H3,(H2,41,42,45). The Balaban J connectivity index is 1.01. The van der Waals surface area contributed by atoms with Gasteiger partial charge in [0.15, 0.2) is 6.29 Å². The lowest BCUT2D eigenvalue weighted by molar-refractivity contribution is -0.276. The van der Waals surface area contributed by atoms with Gasteiger partial charge in [0.05, 0.1) is 18.8 Å². The molecule has 2 aromatic carbocycles. The van der Waals surface area contributed by atoms with Gasteiger partial charge >= 0.3 is 6.03 Å². The third-order valence-electron chi connectivity index (χ3n) is 12.9. The lowest BCUT2D eigenvalue weighted by atomic mass is 9.53. The summed E-state index contributed by atoms with van der Waals surface area (Å²) in [5.41, 5.74) is 4.37. The molecule has 47 heavy (non-hydrogen) atoms. The minimum Gasteiger partial charge on any atom is -0.392 e. The highest BCUT2D eigenvalue weighted by atomic mass is 16.7. The Bertz CT molecular complexity index is 1440. The van der Waals surface area contributed by atoms with Gasteiger partial charge in [0.1, 0.15) is 0 Å². The van der Waals surface area contributed by atoms with Gasteiger partial charge in [0, 0.05) is 41.8 Å². The average molecular weight is 642 g/mol. The first-order valence-electron chi connectivity index (χ1n) is 18.4. The number of ether oxygens (including phenoxy) is 2. The van der Waals surface area contributed by atoms with E-state index in [1.807, 2.05) is 30.3 Å². The van der Waals surface area contributed by atoms with Gasteiger partial charge in [-0.05, 0) is 110 Å². The predicted octanol–water partition coefficient (Wildman–Crippen LogP) is 7.96. The Hall–Kier alpha value is -2.45. The van der Waals surface area contributed by atoms with Gasteiger partial charge < -0.3 is 25.2 Å². The summed E-state index contributed by atoms with van der Waals surface area (Å²) in [7, 11) is 0. The first-order valence-corrected chi connectivity index (χ1v) is 18.4. The van der Waals surface area contributed by atoms with Crippen molar-refractivity contribution in [2.45, 2.75) is 122 Å². The second kappa shape index (κ2) is 11.9. The van der Waals surface area contributed by atoms with Crippen molar-refractivity contribution in [3.63, 3.8) is 0 Å². The van der Waals surface area contributed by atoms with Gasteiger partial charge in [-0.1, -0.05) is 64.1 Å². The van der Waals surface area contributed by atoms with Crippen LogP contribution in [0.4, 0.5) is 10.5 Å². The molecule has 2 saturated heterocycles. The summed E-state index contributed by atoms with van der Waals surface area (Å²) < 4.78 is 13.7. The molecule has 2 aliphatic heterocycles. The van der Waals surface area contributed by atoms with Crippen LogP contribution >= 0.6 is 0 Å². The number of nitrogens with one attached hydrogen (secondary N) is 2. The number of rotatable bonds is 7. The molecular weight excluding hydrogens is 586 g/mol. The Kier molecular flexibility index (Phi) is 8.02. The highest BCUT2D eigenvalue weighted by Crippen LogP contribution is 2.56. The molecule has 254 valence electrons. The van der Waals surface area contributed by atoms with Gasteiger partial charge in [-0.25, -0.2) is 4.79 Å². The zero-order chi connectivity index (χ0) is 32.6. The van der Waals surface area contributed by atoms with Crippen molar-refractivity contribution in [1.29, 1.82) is 0 Å². The number of amides is 2. The van der Waals surface area contributed by atoms with Crippen molar-refractivity contribution in [3.05, 3.63) is 65.2 Å². The Morgan fingerprint density at radius 3 is 2.30 bits per heavy atom. The zero-order valence-corrected chi connectivity index (χ0v) is 28.8. The van der Waals surface area contributed by atoms with Gasteiger partial charge in [-0.2, -0.15) is 0 Å². The molecule has 2 aromatic rings. The fraction of sp³-hybridized carbons (Fsp3) is 0.675. The number of fused-ring (bicyclic) bond motifs is 2. The number of carbonyl (C=O) groups excluding carboxylic acids is 1. The van der Waals surface area contributed by atoms with E-state index in [0.717, 1.165) is 72.5 Å². The molecule has 0 radical (unpaired) electrons. The molecule has 7 fully saturated rings. The number of anilines is 1. The summed E-state index contributed by atoms with van der Waals surface area (Å²) in [6, 6.07) is 16.7. The topological polar surface area (TPSA) is 83.1 Å². The first kappa shape index (κ1) is 31.8. The van der Waals surface area contributed by atoms with Gasteiger partial charge in [0.2, 0.25) is 0 Å². The number of hydrogen-bond acceptors (Lipinski definition) is 5. The number of aliphatic hydroxyl groups excluding tert-OH is 1. The number of carbonyl (C=O) groups is 1. The molecule has 9 rings (SSSR count). The van der Waals surface area contributed by atoms with Crippen molar-refractivity contribution in [2.24, 2.45) is 34.5 Å². The van der Waals surface area contributed by atoms with Gasteiger partial charge in [-0.3, -0.25) is 4.90 Å². The largest absolute Gasteiger partial charge is 0.392 e. The van der Waals surface area contributed by atoms with E-state index >= 15 is 0 Å². The number of likely N-dealkylation sites (tertiary alicyclic amines) is 1. The molecule has 7 nitrogen and oxygen atoms in total. The number of aliphatic hydroxyl groups is 1. The predicted molar refractivity (Wildman–Crippen MR) is 184 cm³/mol. The van der Waals surface area contributed by atoms with E-state index in [4.69, 9.17) is 9.47 Å². The van der Waals surface area contributed by atoms with Crippen LogP contribution in [-0.2, 0) is 16.1 Å². The summed E-state index contributed by atoms with van der Waals surface area (Å²) in [5, 5.41) is 16.3. The normalized spacial score (nSPS) is 40.4. The number of hydrogen-bond donors (Lipinski definition) is 3. The lowest BCUT2D eigenvalue weighted by Crippen LogP contribution is -2.60. The van der Waals surface area contributed by atoms with E-state index in [1.54, 1.807) is 0 Å². The molecule has 6 bridgehead atoms. The van der Waals surface area contributed by atoms with Crippen molar-refractivity contribution in [1.82, 2.24) is 10.2 Å². The molecule has 0 aromatic heterocycles. The average Bonchev–Trinajstić information content (AvgIpc) is 3.24. The fourth-order valence-corrected chi connectivity index (χ4v) is 11.8. The number of benzene rings is 2. The number of nitrogens with zero attached hydrogens (tertiary/aromatic N) is 1. The van der Waals surface area contributed by atoms with Gasteiger partial charge in [0.25, 0.3) is 0 Å². The van der Waals surface area contributed by atoms with Crippen LogP contribution < -0.4 is 10.6 Å². The maximum Gasteiger partial charge on any atom is 0.319 e. The highest BCUT2D eigenvalue weighted by molar-refractivity contribution is 5.90. The molecule has 0 spiro atoms. The Morgan fingerprint density at radius 1 is 0.915 bits per heavy atom. The van der Waals surface area contributed by atoms with Crippen molar-refractivity contribution >= 4 is 11.7 Å². The minimum atomic E-state index is -0.555.